The molecule has 1 aliphatic heterocycles. The zero-order valence-electron chi connectivity index (χ0n) is 6.49. The summed E-state index contributed by atoms with van der Waals surface area (Å²) in [6.07, 6.45) is 0.0979. The first kappa shape index (κ1) is 8.58. The van der Waals surface area contributed by atoms with Gasteiger partial charge in [-0.15, -0.1) is 0 Å². The molecule has 12 heavy (non-hydrogen) atoms. The Kier molecular flexibility index (Phi) is 2.68. The third kappa shape index (κ3) is 1.75. The second kappa shape index (κ2) is 3.75. The predicted octanol–water partition coefficient (Wildman–Crippen LogP) is 0.761. The van der Waals surface area contributed by atoms with E-state index in [0.717, 1.165) is 4.90 Å². The average molecular weight is 171 g/mol. The first-order valence-corrected chi connectivity index (χ1v) is 3.47. The largest absolute Gasteiger partial charge is 0.447 e. The zero-order chi connectivity index (χ0) is 8.97. The minimum absolute atomic E-state index is 0.0998. The fourth-order valence-corrected chi connectivity index (χ4v) is 0.767. The highest BCUT2D eigenvalue weighted by molar-refractivity contribution is 5.88. The van der Waals surface area contributed by atoms with Gasteiger partial charge >= 0.3 is 12.2 Å². The number of carbonyl (C=O) groups is 2. The topological polar surface area (TPSA) is 55.8 Å². The van der Waals surface area contributed by atoms with Crippen LogP contribution in [0.1, 0.15) is 0 Å². The first-order chi connectivity index (χ1) is 5.75. The molecule has 0 radical (unpaired) electrons. The number of amides is 2. The molecule has 0 aliphatic carbocycles. The van der Waals surface area contributed by atoms with Crippen LogP contribution in [0.3, 0.4) is 0 Å². The summed E-state index contributed by atoms with van der Waals surface area (Å²) in [6.45, 7) is 3.96. The Morgan fingerprint density at radius 3 is 3.08 bits per heavy atom. The van der Waals surface area contributed by atoms with Gasteiger partial charge in [0.05, 0.1) is 6.54 Å². The lowest BCUT2D eigenvalue weighted by Crippen LogP contribution is -2.32. The molecule has 0 spiro atoms. The summed E-state index contributed by atoms with van der Waals surface area (Å²) >= 11 is 0. The molecule has 5 nitrogen and oxygen atoms in total. The van der Waals surface area contributed by atoms with E-state index in [2.05, 4.69) is 16.1 Å². The number of nitrogens with zero attached hydrogens (tertiary/aromatic N) is 1. The number of hydrogen-bond acceptors (Lipinski definition) is 4. The molecule has 0 unspecified atom stereocenters. The van der Waals surface area contributed by atoms with Crippen molar-refractivity contribution in [3.63, 3.8) is 0 Å². The predicted molar refractivity (Wildman–Crippen MR) is 39.6 cm³/mol. The molecule has 2 amide bonds. The molecule has 1 rings (SSSR count). The molecule has 0 aromatic heterocycles. The zero-order valence-corrected chi connectivity index (χ0v) is 6.49. The summed E-state index contributed by atoms with van der Waals surface area (Å²) in [7, 11) is 0. The van der Waals surface area contributed by atoms with Crippen LogP contribution in [0.5, 0.6) is 0 Å². The molecule has 0 atom stereocenters. The van der Waals surface area contributed by atoms with Crippen LogP contribution in [0, 0.1) is 0 Å². The first-order valence-electron chi connectivity index (χ1n) is 3.47. The van der Waals surface area contributed by atoms with Gasteiger partial charge in [0.15, 0.2) is 0 Å². The van der Waals surface area contributed by atoms with Gasteiger partial charge < -0.3 is 9.47 Å². The molecule has 0 saturated carbocycles. The van der Waals surface area contributed by atoms with Gasteiger partial charge in [-0.05, 0) is 0 Å². The molecular weight excluding hydrogens is 162 g/mol. The Hall–Kier alpha value is -1.52. The SMILES string of the molecule is C=CCOC(=O)N1CCOC1=O. The number of carbonyl (C=O) groups excluding carboxylic acids is 2. The number of imide groups is 1. The summed E-state index contributed by atoms with van der Waals surface area (Å²) in [5.41, 5.74) is 0. The number of cyclic esters (lactones) is 1. The molecule has 0 bridgehead atoms. The van der Waals surface area contributed by atoms with Crippen molar-refractivity contribution in [2.24, 2.45) is 0 Å². The van der Waals surface area contributed by atoms with Crippen LogP contribution in [0.2, 0.25) is 0 Å². The molecular formula is C7H9NO4. The summed E-state index contributed by atoms with van der Waals surface area (Å²) in [6, 6.07) is 0. The van der Waals surface area contributed by atoms with Gasteiger partial charge in [0.25, 0.3) is 0 Å². The Morgan fingerprint density at radius 1 is 1.83 bits per heavy atom. The van der Waals surface area contributed by atoms with E-state index in [0.29, 0.717) is 0 Å². The molecule has 1 heterocycles. The van der Waals surface area contributed by atoms with Gasteiger partial charge in [-0.25, -0.2) is 14.5 Å². The van der Waals surface area contributed by atoms with Crippen LogP contribution in [0.25, 0.3) is 0 Å². The Labute approximate surface area is 69.5 Å². The highest BCUT2D eigenvalue weighted by Gasteiger charge is 2.29. The Bertz CT molecular complexity index is 213. The van der Waals surface area contributed by atoms with Crippen molar-refractivity contribution in [1.82, 2.24) is 4.90 Å². The van der Waals surface area contributed by atoms with E-state index in [1.807, 2.05) is 0 Å². The minimum Gasteiger partial charge on any atom is -0.447 e. The molecule has 0 N–H and O–H groups in total. The van der Waals surface area contributed by atoms with E-state index in [9.17, 15) is 9.59 Å². The summed E-state index contributed by atoms with van der Waals surface area (Å²) in [5.74, 6) is 0. The van der Waals surface area contributed by atoms with Gasteiger partial charge in [-0.1, -0.05) is 12.7 Å². The Morgan fingerprint density at radius 2 is 2.58 bits per heavy atom. The maximum absolute atomic E-state index is 11.0. The lowest BCUT2D eigenvalue weighted by molar-refractivity contribution is 0.118. The van der Waals surface area contributed by atoms with Gasteiger partial charge in [-0.2, -0.15) is 0 Å². The molecule has 1 fully saturated rings. The van der Waals surface area contributed by atoms with E-state index in [-0.39, 0.29) is 19.8 Å². The number of rotatable bonds is 2. The van der Waals surface area contributed by atoms with Crippen LogP contribution in [-0.4, -0.2) is 36.8 Å². The fraction of sp³-hybridized carbons (Fsp3) is 0.429. The Balaban J connectivity index is 2.40. The van der Waals surface area contributed by atoms with E-state index in [1.54, 1.807) is 0 Å². The van der Waals surface area contributed by atoms with Crippen molar-refractivity contribution in [2.45, 2.75) is 0 Å². The third-order valence-corrected chi connectivity index (χ3v) is 1.31. The van der Waals surface area contributed by atoms with E-state index >= 15 is 0 Å². The molecule has 66 valence electrons. The lowest BCUT2D eigenvalue weighted by atomic mass is 10.6. The van der Waals surface area contributed by atoms with E-state index in [4.69, 9.17) is 0 Å². The quantitative estimate of drug-likeness (QED) is 0.575. The smallest absolute Gasteiger partial charge is 0.419 e. The monoisotopic (exact) mass is 171 g/mol. The van der Waals surface area contributed by atoms with Crippen molar-refractivity contribution in [3.05, 3.63) is 12.7 Å². The second-order valence-corrected chi connectivity index (χ2v) is 2.13. The van der Waals surface area contributed by atoms with Crippen molar-refractivity contribution in [3.8, 4) is 0 Å². The van der Waals surface area contributed by atoms with Crippen molar-refractivity contribution in [1.29, 1.82) is 0 Å². The maximum Gasteiger partial charge on any atom is 0.419 e. The van der Waals surface area contributed by atoms with Crippen LogP contribution in [0.4, 0.5) is 9.59 Å². The van der Waals surface area contributed by atoms with Crippen molar-refractivity contribution in [2.75, 3.05) is 19.8 Å². The van der Waals surface area contributed by atoms with Crippen LogP contribution in [-0.2, 0) is 9.47 Å². The third-order valence-electron chi connectivity index (χ3n) is 1.31. The van der Waals surface area contributed by atoms with E-state index < -0.39 is 12.2 Å². The van der Waals surface area contributed by atoms with Gasteiger partial charge in [0.1, 0.15) is 13.2 Å². The lowest BCUT2D eigenvalue weighted by Gasteiger charge is -2.08. The molecule has 1 saturated heterocycles. The van der Waals surface area contributed by atoms with Gasteiger partial charge in [0.2, 0.25) is 0 Å². The van der Waals surface area contributed by atoms with Gasteiger partial charge in [0, 0.05) is 0 Å². The van der Waals surface area contributed by atoms with Crippen LogP contribution < -0.4 is 0 Å². The fourth-order valence-electron chi connectivity index (χ4n) is 0.767. The summed E-state index contributed by atoms with van der Waals surface area (Å²) < 4.78 is 9.14. The van der Waals surface area contributed by atoms with E-state index in [1.165, 1.54) is 6.08 Å². The maximum atomic E-state index is 11.0. The molecule has 0 aromatic carbocycles. The average Bonchev–Trinajstić information content (AvgIpc) is 2.47. The van der Waals surface area contributed by atoms with Gasteiger partial charge in [-0.3, -0.25) is 0 Å². The summed E-state index contributed by atoms with van der Waals surface area (Å²) in [4.78, 5) is 22.6. The van der Waals surface area contributed by atoms with Crippen molar-refractivity contribution < 1.29 is 19.1 Å². The summed E-state index contributed by atoms with van der Waals surface area (Å²) in [5, 5.41) is 0. The molecule has 5 heteroatoms. The number of ether oxygens (including phenoxy) is 2. The molecule has 0 aromatic rings. The second-order valence-electron chi connectivity index (χ2n) is 2.13. The normalized spacial score (nSPS) is 15.7. The standard InChI is InChI=1S/C7H9NO4/c1-2-4-11-6(9)8-3-5-12-7(8)10/h2H,1,3-5H2. The van der Waals surface area contributed by atoms with Crippen LogP contribution >= 0.6 is 0 Å². The highest BCUT2D eigenvalue weighted by atomic mass is 16.6. The highest BCUT2D eigenvalue weighted by Crippen LogP contribution is 2.04. The molecule has 1 aliphatic rings. The van der Waals surface area contributed by atoms with Crippen LogP contribution in [0.15, 0.2) is 12.7 Å². The van der Waals surface area contributed by atoms with Crippen molar-refractivity contribution >= 4 is 12.2 Å². The minimum atomic E-state index is -0.683. The number of hydrogen-bond donors (Lipinski definition) is 0.